The molecule has 5 aromatic rings. The average Bonchev–Trinajstić information content (AvgIpc) is 3.41. The van der Waals surface area contributed by atoms with Crippen molar-refractivity contribution in [3.05, 3.63) is 54.6 Å². The summed E-state index contributed by atoms with van der Waals surface area (Å²) in [5, 5.41) is 4.80. The highest BCUT2D eigenvalue weighted by Crippen LogP contribution is 2.46. The topological polar surface area (TPSA) is 120 Å². The Morgan fingerprint density at radius 1 is 1.07 bits per heavy atom. The van der Waals surface area contributed by atoms with Gasteiger partial charge in [0.15, 0.2) is 11.5 Å². The maximum absolute atomic E-state index is 14.4. The second-order valence-electron chi connectivity index (χ2n) is 10.9. The lowest BCUT2D eigenvalue weighted by molar-refractivity contribution is 0.00723. The van der Waals surface area contributed by atoms with Crippen molar-refractivity contribution in [3.63, 3.8) is 0 Å². The van der Waals surface area contributed by atoms with Crippen LogP contribution in [0, 0.1) is 6.92 Å². The van der Waals surface area contributed by atoms with Gasteiger partial charge in [-0.2, -0.15) is 5.10 Å². The molecule has 41 heavy (non-hydrogen) atoms. The fraction of sp³-hybridized carbons (Fsp3) is 0.345. The zero-order valence-electron chi connectivity index (χ0n) is 23.1. The van der Waals surface area contributed by atoms with Crippen LogP contribution in [0.5, 0.6) is 17.4 Å². The SMILES string of the molecule is COc1ccc2nc(-c3ccc(Oc4cc5ncnn5cn4)c(C)c3)nc(N)c2c1N1CC2(CC(F)CCN2C)C1. The lowest BCUT2D eigenvalue weighted by atomic mass is 9.79. The molecule has 7 rings (SSSR count). The number of hydrogen-bond acceptors (Lipinski definition) is 10. The van der Waals surface area contributed by atoms with Crippen molar-refractivity contribution in [2.45, 2.75) is 31.5 Å². The minimum absolute atomic E-state index is 0.182. The summed E-state index contributed by atoms with van der Waals surface area (Å²) in [6, 6.07) is 11.2. The number of ether oxygens (including phenoxy) is 2. The van der Waals surface area contributed by atoms with Gasteiger partial charge >= 0.3 is 0 Å². The van der Waals surface area contributed by atoms with Crippen molar-refractivity contribution in [2.75, 3.05) is 44.4 Å². The molecule has 1 spiro atoms. The number of piperidine rings is 1. The Morgan fingerprint density at radius 3 is 2.71 bits per heavy atom. The average molecular weight is 556 g/mol. The van der Waals surface area contributed by atoms with E-state index in [0.29, 0.717) is 66.1 Å². The molecule has 210 valence electrons. The maximum atomic E-state index is 14.4. The second-order valence-corrected chi connectivity index (χ2v) is 10.9. The molecule has 0 amide bonds. The van der Waals surface area contributed by atoms with Crippen LogP contribution >= 0.6 is 0 Å². The van der Waals surface area contributed by atoms with Crippen molar-refractivity contribution < 1.29 is 13.9 Å². The number of aromatic nitrogens is 6. The zero-order valence-corrected chi connectivity index (χ0v) is 23.1. The summed E-state index contributed by atoms with van der Waals surface area (Å²) in [6.45, 7) is 4.10. The molecule has 0 bridgehead atoms. The molecule has 2 saturated heterocycles. The Hall–Kier alpha value is -4.58. The number of methoxy groups -OCH3 is 1. The first kappa shape index (κ1) is 25.4. The first-order chi connectivity index (χ1) is 19.8. The molecule has 0 saturated carbocycles. The Balaban J connectivity index is 1.19. The number of hydrogen-bond donors (Lipinski definition) is 1. The maximum Gasteiger partial charge on any atom is 0.224 e. The Kier molecular flexibility index (Phi) is 5.89. The quantitative estimate of drug-likeness (QED) is 0.340. The molecule has 0 radical (unpaired) electrons. The van der Waals surface area contributed by atoms with Crippen LogP contribution in [0.2, 0.25) is 0 Å². The highest BCUT2D eigenvalue weighted by Gasteiger charge is 2.50. The van der Waals surface area contributed by atoms with E-state index in [1.54, 1.807) is 24.0 Å². The molecule has 2 N–H and O–H groups in total. The van der Waals surface area contributed by atoms with Gasteiger partial charge in [-0.05, 0) is 56.3 Å². The molecular weight excluding hydrogens is 525 g/mol. The van der Waals surface area contributed by atoms with Crippen molar-refractivity contribution in [1.29, 1.82) is 0 Å². The van der Waals surface area contributed by atoms with Crippen molar-refractivity contribution in [3.8, 4) is 28.8 Å². The van der Waals surface area contributed by atoms with Crippen LogP contribution < -0.4 is 20.1 Å². The summed E-state index contributed by atoms with van der Waals surface area (Å²) in [6.07, 6.45) is 3.37. The zero-order chi connectivity index (χ0) is 28.3. The van der Waals surface area contributed by atoms with Gasteiger partial charge in [0.25, 0.3) is 0 Å². The van der Waals surface area contributed by atoms with E-state index in [2.05, 4.69) is 31.9 Å². The Morgan fingerprint density at radius 2 is 1.90 bits per heavy atom. The van der Waals surface area contributed by atoms with Gasteiger partial charge in [-0.25, -0.2) is 28.8 Å². The van der Waals surface area contributed by atoms with E-state index in [1.807, 2.05) is 37.3 Å². The van der Waals surface area contributed by atoms with Crippen LogP contribution in [0.3, 0.4) is 0 Å². The minimum atomic E-state index is -0.771. The van der Waals surface area contributed by atoms with E-state index in [9.17, 15) is 4.39 Å². The van der Waals surface area contributed by atoms with Crippen LogP contribution in [0.15, 0.2) is 49.1 Å². The van der Waals surface area contributed by atoms with Crippen LogP contribution in [0.4, 0.5) is 15.9 Å². The predicted molar refractivity (Wildman–Crippen MR) is 153 cm³/mol. The number of halogens is 1. The largest absolute Gasteiger partial charge is 0.495 e. The molecule has 1 atom stereocenters. The minimum Gasteiger partial charge on any atom is -0.495 e. The van der Waals surface area contributed by atoms with Crippen LogP contribution in [0.25, 0.3) is 27.9 Å². The third-order valence-electron chi connectivity index (χ3n) is 8.32. The fourth-order valence-corrected chi connectivity index (χ4v) is 6.04. The van der Waals surface area contributed by atoms with Gasteiger partial charge in [0.1, 0.15) is 36.1 Å². The number of anilines is 2. The second kappa shape index (κ2) is 9.51. The van der Waals surface area contributed by atoms with Gasteiger partial charge < -0.3 is 20.1 Å². The van der Waals surface area contributed by atoms with Gasteiger partial charge in [0.05, 0.1) is 29.2 Å². The number of likely N-dealkylation sites (tertiary alicyclic amines) is 1. The number of aryl methyl sites for hydroxylation is 1. The lowest BCUT2D eigenvalue weighted by Crippen LogP contribution is -2.72. The number of rotatable bonds is 5. The van der Waals surface area contributed by atoms with Gasteiger partial charge in [-0.1, -0.05) is 0 Å². The highest BCUT2D eigenvalue weighted by atomic mass is 19.1. The summed E-state index contributed by atoms with van der Waals surface area (Å²) in [7, 11) is 3.72. The highest BCUT2D eigenvalue weighted by molar-refractivity contribution is 6.03. The normalized spacial score (nSPS) is 18.6. The summed E-state index contributed by atoms with van der Waals surface area (Å²) in [5.74, 6) is 2.64. The van der Waals surface area contributed by atoms with Gasteiger partial charge in [0, 0.05) is 37.7 Å². The van der Waals surface area contributed by atoms with Crippen molar-refractivity contribution in [1.82, 2.24) is 34.4 Å². The molecule has 2 aliphatic heterocycles. The smallest absolute Gasteiger partial charge is 0.224 e. The summed E-state index contributed by atoms with van der Waals surface area (Å²) >= 11 is 0. The number of benzene rings is 2. The molecule has 2 aliphatic rings. The molecule has 11 nitrogen and oxygen atoms in total. The van der Waals surface area contributed by atoms with Crippen molar-refractivity contribution >= 4 is 28.1 Å². The number of nitrogens with zero attached hydrogens (tertiary/aromatic N) is 8. The summed E-state index contributed by atoms with van der Waals surface area (Å²) < 4.78 is 27.7. The van der Waals surface area contributed by atoms with Gasteiger partial charge in [0.2, 0.25) is 5.88 Å². The van der Waals surface area contributed by atoms with Gasteiger partial charge in [-0.15, -0.1) is 0 Å². The summed E-state index contributed by atoms with van der Waals surface area (Å²) in [5.41, 5.74) is 10.3. The van der Waals surface area contributed by atoms with E-state index >= 15 is 0 Å². The molecule has 2 aromatic carbocycles. The number of fused-ring (bicyclic) bond motifs is 2. The molecule has 0 aliphatic carbocycles. The molecule has 3 aromatic heterocycles. The van der Waals surface area contributed by atoms with E-state index in [4.69, 9.17) is 25.2 Å². The first-order valence-corrected chi connectivity index (χ1v) is 13.5. The molecule has 12 heteroatoms. The van der Waals surface area contributed by atoms with Crippen LogP contribution in [-0.4, -0.2) is 80.0 Å². The molecule has 2 fully saturated rings. The first-order valence-electron chi connectivity index (χ1n) is 13.5. The van der Waals surface area contributed by atoms with Crippen molar-refractivity contribution in [2.24, 2.45) is 0 Å². The number of likely N-dealkylation sites (N-methyl/N-ethyl adjacent to an activating group) is 1. The third kappa shape index (κ3) is 4.26. The molecule has 1 unspecified atom stereocenters. The van der Waals surface area contributed by atoms with E-state index in [1.165, 1.54) is 6.33 Å². The van der Waals surface area contributed by atoms with E-state index in [-0.39, 0.29) is 5.54 Å². The van der Waals surface area contributed by atoms with Gasteiger partial charge in [-0.3, -0.25) is 4.90 Å². The van der Waals surface area contributed by atoms with Crippen LogP contribution in [-0.2, 0) is 0 Å². The number of nitrogens with two attached hydrogens (primary N) is 1. The standard InChI is InChI=1S/C29H30FN9O2/c1-17-10-18(4-6-21(17)41-24-11-23-32-15-34-39(23)16-33-24)28-35-20-5-7-22(40-3)26(25(20)27(31)36-28)38-13-29(14-38)12-19(30)8-9-37(29)2/h4-7,10-11,15-16,19H,8-9,12-14H2,1-3H3,(H2,31,35,36). The monoisotopic (exact) mass is 555 g/mol. The molecular formula is C29H30FN9O2. The molecule has 5 heterocycles. The summed E-state index contributed by atoms with van der Waals surface area (Å²) in [4.78, 5) is 22.5. The number of nitrogen functional groups attached to an aromatic ring is 1. The fourth-order valence-electron chi connectivity index (χ4n) is 6.04. The van der Waals surface area contributed by atoms with Crippen LogP contribution in [0.1, 0.15) is 18.4 Å². The Labute approximate surface area is 235 Å². The van der Waals surface area contributed by atoms with E-state index in [0.717, 1.165) is 28.7 Å². The predicted octanol–water partition coefficient (Wildman–Crippen LogP) is 4.05. The number of alkyl halides is 1. The Bertz CT molecular complexity index is 1790. The van der Waals surface area contributed by atoms with E-state index < -0.39 is 6.17 Å². The lowest BCUT2D eigenvalue weighted by Gasteiger charge is -2.58. The third-order valence-corrected chi connectivity index (χ3v) is 8.32.